The van der Waals surface area contributed by atoms with Crippen molar-refractivity contribution in [1.29, 1.82) is 0 Å². The molecule has 0 spiro atoms. The van der Waals surface area contributed by atoms with Crippen molar-refractivity contribution in [3.05, 3.63) is 58.6 Å². The Kier molecular flexibility index (Phi) is 5.72. The quantitative estimate of drug-likeness (QED) is 0.648. The molecule has 2 saturated heterocycles. The van der Waals surface area contributed by atoms with Crippen molar-refractivity contribution in [3.8, 4) is 5.75 Å². The molecular formula is C20H19BrN2O4S2. The van der Waals surface area contributed by atoms with E-state index in [0.29, 0.717) is 10.9 Å². The van der Waals surface area contributed by atoms with Crippen LogP contribution in [0.5, 0.6) is 5.75 Å². The average molecular weight is 495 g/mol. The van der Waals surface area contributed by atoms with E-state index in [1.54, 1.807) is 7.11 Å². The zero-order valence-corrected chi connectivity index (χ0v) is 18.8. The number of halogens is 1. The van der Waals surface area contributed by atoms with E-state index in [9.17, 15) is 13.2 Å². The van der Waals surface area contributed by atoms with Gasteiger partial charge in [-0.2, -0.15) is 4.99 Å². The van der Waals surface area contributed by atoms with E-state index in [2.05, 4.69) is 20.9 Å². The van der Waals surface area contributed by atoms with Crippen LogP contribution in [0.4, 0.5) is 5.69 Å². The number of benzene rings is 2. The molecule has 2 aromatic rings. The van der Waals surface area contributed by atoms with Crippen molar-refractivity contribution >= 4 is 54.3 Å². The first-order valence-corrected chi connectivity index (χ1v) is 12.5. The molecule has 9 heteroatoms. The van der Waals surface area contributed by atoms with Crippen LogP contribution in [0.3, 0.4) is 0 Å². The summed E-state index contributed by atoms with van der Waals surface area (Å²) in [7, 11) is -1.52. The molecule has 152 valence electrons. The van der Waals surface area contributed by atoms with Gasteiger partial charge in [-0.25, -0.2) is 8.42 Å². The first-order chi connectivity index (χ1) is 13.9. The van der Waals surface area contributed by atoms with Gasteiger partial charge in [-0.1, -0.05) is 45.9 Å². The van der Waals surface area contributed by atoms with Gasteiger partial charge in [0.25, 0.3) is 5.91 Å². The summed E-state index contributed by atoms with van der Waals surface area (Å²) in [4.78, 5) is 19.0. The van der Waals surface area contributed by atoms with Gasteiger partial charge >= 0.3 is 0 Å². The highest BCUT2D eigenvalue weighted by Crippen LogP contribution is 2.41. The number of carbonyl (C=O) groups is 1. The van der Waals surface area contributed by atoms with Crippen LogP contribution < -0.4 is 9.64 Å². The van der Waals surface area contributed by atoms with Crippen molar-refractivity contribution in [2.24, 2.45) is 4.99 Å². The van der Waals surface area contributed by atoms with Crippen LogP contribution in [0, 0.1) is 0 Å². The van der Waals surface area contributed by atoms with E-state index in [1.807, 2.05) is 53.4 Å². The maximum atomic E-state index is 12.7. The van der Waals surface area contributed by atoms with Crippen LogP contribution in [-0.2, 0) is 21.1 Å². The highest BCUT2D eigenvalue weighted by molar-refractivity contribution is 9.10. The summed E-state index contributed by atoms with van der Waals surface area (Å²) in [6, 6.07) is 14.7. The predicted octanol–water partition coefficient (Wildman–Crippen LogP) is 3.30. The maximum Gasteiger partial charge on any atom is 0.252 e. The number of hydrogen-bond acceptors (Lipinski definition) is 5. The molecule has 2 aliphatic heterocycles. The number of ether oxygens (including phenoxy) is 1. The molecule has 2 aromatic carbocycles. The smallest absolute Gasteiger partial charge is 0.252 e. The molecule has 2 aliphatic rings. The molecular weight excluding hydrogens is 476 g/mol. The molecule has 2 atom stereocenters. The van der Waals surface area contributed by atoms with Gasteiger partial charge in [0.15, 0.2) is 15.0 Å². The topological polar surface area (TPSA) is 76.0 Å². The van der Waals surface area contributed by atoms with E-state index in [4.69, 9.17) is 4.74 Å². The number of anilines is 1. The molecule has 0 aromatic heterocycles. The fourth-order valence-corrected chi connectivity index (χ4v) is 7.82. The third kappa shape index (κ3) is 4.36. The standard InChI is InChI=1S/C20H19BrN2O4S2/c1-27-17-5-3-2-4-13(17)10-19(24)22-20-23(15-8-6-14(21)7-9-15)16-11-29(25,26)12-18(16)28-20/h2-9,16,18H,10-12H2,1H3/t16-,18-/m0/s1. The molecule has 6 nitrogen and oxygen atoms in total. The second kappa shape index (κ2) is 8.12. The zero-order chi connectivity index (χ0) is 20.6. The number of rotatable bonds is 4. The Labute approximate surface area is 182 Å². The van der Waals surface area contributed by atoms with Gasteiger partial charge in [-0.15, -0.1) is 0 Å². The van der Waals surface area contributed by atoms with Gasteiger partial charge in [-0.3, -0.25) is 4.79 Å². The normalized spacial score (nSPS) is 23.9. The minimum atomic E-state index is -3.09. The number of amides is 1. The number of aliphatic imine (C=N–C) groups is 1. The first-order valence-electron chi connectivity index (χ1n) is 9.01. The Morgan fingerprint density at radius 2 is 1.93 bits per heavy atom. The molecule has 0 aliphatic carbocycles. The Hall–Kier alpha value is -1.84. The van der Waals surface area contributed by atoms with E-state index in [0.717, 1.165) is 15.7 Å². The monoisotopic (exact) mass is 494 g/mol. The minimum Gasteiger partial charge on any atom is -0.496 e. The summed E-state index contributed by atoms with van der Waals surface area (Å²) < 4.78 is 30.5. The second-order valence-corrected chi connectivity index (χ2v) is 11.2. The summed E-state index contributed by atoms with van der Waals surface area (Å²) in [5.74, 6) is 0.532. The molecule has 0 bridgehead atoms. The predicted molar refractivity (Wildman–Crippen MR) is 120 cm³/mol. The summed E-state index contributed by atoms with van der Waals surface area (Å²) in [6.07, 6.45) is 0.121. The van der Waals surface area contributed by atoms with E-state index >= 15 is 0 Å². The molecule has 2 heterocycles. The van der Waals surface area contributed by atoms with Crippen LogP contribution in [0.2, 0.25) is 0 Å². The van der Waals surface area contributed by atoms with Crippen LogP contribution in [0.15, 0.2) is 58.0 Å². The van der Waals surface area contributed by atoms with Crippen molar-refractivity contribution < 1.29 is 17.9 Å². The van der Waals surface area contributed by atoms with Crippen molar-refractivity contribution in [3.63, 3.8) is 0 Å². The van der Waals surface area contributed by atoms with Crippen molar-refractivity contribution in [2.75, 3.05) is 23.5 Å². The van der Waals surface area contributed by atoms with E-state index in [1.165, 1.54) is 11.8 Å². The third-order valence-electron chi connectivity index (χ3n) is 4.93. The number of carbonyl (C=O) groups excluding carboxylic acids is 1. The lowest BCUT2D eigenvalue weighted by atomic mass is 10.1. The fourth-order valence-electron chi connectivity index (χ4n) is 3.63. The molecule has 0 unspecified atom stereocenters. The molecule has 0 saturated carbocycles. The van der Waals surface area contributed by atoms with Crippen LogP contribution in [-0.4, -0.2) is 49.4 Å². The van der Waals surface area contributed by atoms with Crippen LogP contribution in [0.1, 0.15) is 5.56 Å². The Morgan fingerprint density at radius 3 is 2.66 bits per heavy atom. The number of thioether (sulfide) groups is 1. The second-order valence-electron chi connectivity index (χ2n) is 6.92. The Bertz CT molecular complexity index is 1070. The average Bonchev–Trinajstić information content (AvgIpc) is 3.13. The molecule has 0 N–H and O–H groups in total. The summed E-state index contributed by atoms with van der Waals surface area (Å²) >= 11 is 4.79. The van der Waals surface area contributed by atoms with Gasteiger partial charge in [0.05, 0.1) is 31.1 Å². The van der Waals surface area contributed by atoms with E-state index in [-0.39, 0.29) is 35.1 Å². The number of methoxy groups -OCH3 is 1. The van der Waals surface area contributed by atoms with Gasteiger partial charge in [0.2, 0.25) is 0 Å². The lowest BCUT2D eigenvalue weighted by molar-refractivity contribution is -0.117. The number of sulfone groups is 1. The highest BCUT2D eigenvalue weighted by Gasteiger charge is 2.49. The van der Waals surface area contributed by atoms with Gasteiger partial charge in [0.1, 0.15) is 5.75 Å². The number of fused-ring (bicyclic) bond motifs is 1. The SMILES string of the molecule is COc1ccccc1CC(=O)N=C1S[C@H]2CS(=O)(=O)C[C@@H]2N1c1ccc(Br)cc1. The molecule has 0 radical (unpaired) electrons. The fraction of sp³-hybridized carbons (Fsp3) is 0.300. The van der Waals surface area contributed by atoms with Crippen LogP contribution in [0.25, 0.3) is 0 Å². The van der Waals surface area contributed by atoms with Crippen molar-refractivity contribution in [1.82, 2.24) is 0 Å². The first kappa shape index (κ1) is 20.4. The number of hydrogen-bond donors (Lipinski definition) is 0. The third-order valence-corrected chi connectivity index (χ3v) is 8.66. The Balaban J connectivity index is 1.64. The number of nitrogens with zero attached hydrogens (tertiary/aromatic N) is 2. The zero-order valence-electron chi connectivity index (χ0n) is 15.6. The number of amidine groups is 1. The summed E-state index contributed by atoms with van der Waals surface area (Å²) in [5.41, 5.74) is 1.60. The van der Waals surface area contributed by atoms with Gasteiger partial charge in [-0.05, 0) is 30.3 Å². The summed E-state index contributed by atoms with van der Waals surface area (Å²) in [5, 5.41) is 0.429. The maximum absolute atomic E-state index is 12.7. The van der Waals surface area contributed by atoms with Gasteiger partial charge < -0.3 is 9.64 Å². The van der Waals surface area contributed by atoms with E-state index < -0.39 is 9.84 Å². The largest absolute Gasteiger partial charge is 0.496 e. The number of para-hydroxylation sites is 1. The lowest BCUT2D eigenvalue weighted by Crippen LogP contribution is -2.37. The Morgan fingerprint density at radius 1 is 1.21 bits per heavy atom. The highest BCUT2D eigenvalue weighted by atomic mass is 79.9. The van der Waals surface area contributed by atoms with Gasteiger partial charge in [0, 0.05) is 21.0 Å². The van der Waals surface area contributed by atoms with Crippen LogP contribution >= 0.6 is 27.7 Å². The molecule has 4 rings (SSSR count). The summed E-state index contributed by atoms with van der Waals surface area (Å²) in [6.45, 7) is 0. The lowest BCUT2D eigenvalue weighted by Gasteiger charge is -2.24. The minimum absolute atomic E-state index is 0.0699. The molecule has 2 fully saturated rings. The molecule has 29 heavy (non-hydrogen) atoms. The molecule has 1 amide bonds. The van der Waals surface area contributed by atoms with Crippen molar-refractivity contribution in [2.45, 2.75) is 17.7 Å².